The van der Waals surface area contributed by atoms with Crippen molar-refractivity contribution in [2.45, 2.75) is 11.8 Å². The summed E-state index contributed by atoms with van der Waals surface area (Å²) in [7, 11) is -3.85. The van der Waals surface area contributed by atoms with E-state index in [0.29, 0.717) is 16.6 Å². The van der Waals surface area contributed by atoms with Crippen LogP contribution in [0.4, 0.5) is 17.1 Å². The molecule has 0 fully saturated rings. The molecule has 1 aliphatic rings. The Bertz CT molecular complexity index is 1250. The van der Waals surface area contributed by atoms with Crippen molar-refractivity contribution in [3.05, 3.63) is 70.3 Å². The summed E-state index contributed by atoms with van der Waals surface area (Å²) in [6.07, 6.45) is 0. The van der Waals surface area contributed by atoms with E-state index in [1.807, 2.05) is 12.1 Å². The number of anilines is 2. The summed E-state index contributed by atoms with van der Waals surface area (Å²) in [5, 5.41) is 15.0. The number of carbonyl (C=O) groups excluding carboxylic acids is 1. The van der Waals surface area contributed by atoms with Gasteiger partial charge in [0, 0.05) is 11.5 Å². The van der Waals surface area contributed by atoms with Gasteiger partial charge in [0.1, 0.15) is 6.54 Å². The average molecular weight is 397 g/mol. The predicted octanol–water partition coefficient (Wildman–Crippen LogP) is 3.20. The second kappa shape index (κ2) is 6.31. The Morgan fingerprint density at radius 3 is 2.50 bits per heavy atom. The van der Waals surface area contributed by atoms with Gasteiger partial charge in [-0.15, -0.1) is 0 Å². The van der Waals surface area contributed by atoms with Crippen LogP contribution >= 0.6 is 0 Å². The van der Waals surface area contributed by atoms with Crippen molar-refractivity contribution in [1.82, 2.24) is 0 Å². The minimum atomic E-state index is -3.85. The lowest BCUT2D eigenvalue weighted by molar-refractivity contribution is -0.385. The van der Waals surface area contributed by atoms with E-state index in [0.717, 1.165) is 9.69 Å². The summed E-state index contributed by atoms with van der Waals surface area (Å²) in [4.78, 5) is 23.3. The van der Waals surface area contributed by atoms with Gasteiger partial charge < -0.3 is 5.32 Å². The summed E-state index contributed by atoms with van der Waals surface area (Å²) in [5.41, 5.74) is 0.893. The molecule has 0 aromatic heterocycles. The van der Waals surface area contributed by atoms with E-state index in [4.69, 9.17) is 0 Å². The zero-order valence-electron chi connectivity index (χ0n) is 14.7. The molecule has 1 N–H and O–H groups in total. The van der Waals surface area contributed by atoms with E-state index in [9.17, 15) is 23.3 Å². The third-order valence-corrected chi connectivity index (χ3v) is 6.55. The molecule has 0 bridgehead atoms. The maximum Gasteiger partial charge on any atom is 0.274 e. The molecule has 0 atom stereocenters. The van der Waals surface area contributed by atoms with Crippen LogP contribution in [0.1, 0.15) is 5.56 Å². The zero-order valence-corrected chi connectivity index (χ0v) is 15.6. The van der Waals surface area contributed by atoms with E-state index in [1.165, 1.54) is 31.2 Å². The van der Waals surface area contributed by atoms with E-state index in [2.05, 4.69) is 5.32 Å². The lowest BCUT2D eigenvalue weighted by Crippen LogP contribution is -2.35. The highest BCUT2D eigenvalue weighted by molar-refractivity contribution is 7.93. The molecule has 0 saturated carbocycles. The van der Waals surface area contributed by atoms with E-state index in [-0.39, 0.29) is 16.3 Å². The Labute approximate surface area is 160 Å². The molecule has 0 aliphatic carbocycles. The van der Waals surface area contributed by atoms with Gasteiger partial charge in [0.2, 0.25) is 5.91 Å². The number of nitro benzene ring substituents is 1. The van der Waals surface area contributed by atoms with Crippen molar-refractivity contribution in [1.29, 1.82) is 0 Å². The summed E-state index contributed by atoms with van der Waals surface area (Å²) >= 11 is 0. The van der Waals surface area contributed by atoms with Gasteiger partial charge in [0.15, 0.2) is 0 Å². The van der Waals surface area contributed by atoms with Gasteiger partial charge in [-0.2, -0.15) is 0 Å². The third-order valence-electron chi connectivity index (χ3n) is 4.74. The van der Waals surface area contributed by atoms with Gasteiger partial charge in [0.05, 0.1) is 26.8 Å². The number of rotatable bonds is 4. The zero-order chi connectivity index (χ0) is 20.1. The van der Waals surface area contributed by atoms with E-state index >= 15 is 0 Å². The molecule has 4 rings (SSSR count). The highest BCUT2D eigenvalue weighted by Gasteiger charge is 2.36. The van der Waals surface area contributed by atoms with E-state index in [1.54, 1.807) is 18.2 Å². The summed E-state index contributed by atoms with van der Waals surface area (Å²) < 4.78 is 26.9. The van der Waals surface area contributed by atoms with Crippen LogP contribution in [-0.4, -0.2) is 25.8 Å². The largest absolute Gasteiger partial charge is 0.324 e. The minimum Gasteiger partial charge on any atom is -0.324 e. The van der Waals surface area contributed by atoms with E-state index < -0.39 is 27.4 Å². The fourth-order valence-corrected chi connectivity index (χ4v) is 5.07. The fourth-order valence-electron chi connectivity index (χ4n) is 3.41. The summed E-state index contributed by atoms with van der Waals surface area (Å²) in [6.45, 7) is 1.09. The van der Waals surface area contributed by atoms with Crippen molar-refractivity contribution in [3.8, 4) is 0 Å². The second-order valence-electron chi connectivity index (χ2n) is 6.40. The van der Waals surface area contributed by atoms with Crippen LogP contribution in [-0.2, 0) is 14.8 Å². The molecule has 3 aromatic carbocycles. The Hall–Kier alpha value is -3.46. The maximum atomic E-state index is 12.9. The number of amides is 1. The molecule has 3 aromatic rings. The maximum absolute atomic E-state index is 12.9. The van der Waals surface area contributed by atoms with Crippen molar-refractivity contribution in [2.24, 2.45) is 0 Å². The number of hydrogen-bond donors (Lipinski definition) is 1. The summed E-state index contributed by atoms with van der Waals surface area (Å²) in [6, 6.07) is 14.5. The molecule has 142 valence electrons. The minimum absolute atomic E-state index is 0.122. The van der Waals surface area contributed by atoms with Gasteiger partial charge in [0.25, 0.3) is 15.7 Å². The second-order valence-corrected chi connectivity index (χ2v) is 8.23. The molecule has 9 heteroatoms. The Morgan fingerprint density at radius 1 is 1.11 bits per heavy atom. The molecular weight excluding hydrogens is 382 g/mol. The highest BCUT2D eigenvalue weighted by Crippen LogP contribution is 2.41. The fraction of sp³-hybridized carbons (Fsp3) is 0.105. The van der Waals surface area contributed by atoms with Gasteiger partial charge in [-0.25, -0.2) is 8.42 Å². The number of benzene rings is 3. The van der Waals surface area contributed by atoms with Crippen LogP contribution in [0.5, 0.6) is 0 Å². The molecule has 28 heavy (non-hydrogen) atoms. The van der Waals surface area contributed by atoms with Gasteiger partial charge in [-0.3, -0.25) is 19.2 Å². The molecule has 0 saturated heterocycles. The summed E-state index contributed by atoms with van der Waals surface area (Å²) in [5.74, 6) is -0.586. The Morgan fingerprint density at radius 2 is 1.79 bits per heavy atom. The smallest absolute Gasteiger partial charge is 0.274 e. The van der Waals surface area contributed by atoms with Crippen LogP contribution in [0.2, 0.25) is 0 Å². The number of hydrogen-bond acceptors (Lipinski definition) is 5. The normalized spacial score (nSPS) is 14.2. The third kappa shape index (κ3) is 2.67. The number of carbonyl (C=O) groups is 1. The van der Waals surface area contributed by atoms with Gasteiger partial charge in [-0.05, 0) is 30.5 Å². The Kier molecular flexibility index (Phi) is 4.04. The quantitative estimate of drug-likeness (QED) is 0.537. The first kappa shape index (κ1) is 17.9. The van der Waals surface area contributed by atoms with Crippen molar-refractivity contribution >= 4 is 43.8 Å². The molecule has 0 spiro atoms. The van der Waals surface area contributed by atoms with Crippen LogP contribution in [0, 0.1) is 17.0 Å². The SMILES string of the molecule is Cc1c(NC(=O)CN2c3cccc4cccc(c34)S2(=O)=O)cccc1[N+](=O)[O-]. The molecule has 8 nitrogen and oxygen atoms in total. The lowest BCUT2D eigenvalue weighted by atomic mass is 10.1. The highest BCUT2D eigenvalue weighted by atomic mass is 32.2. The van der Waals surface area contributed by atoms with Gasteiger partial charge >= 0.3 is 0 Å². The number of nitro groups is 1. The number of nitrogens with zero attached hydrogens (tertiary/aromatic N) is 2. The van der Waals surface area contributed by atoms with Crippen molar-refractivity contribution in [2.75, 3.05) is 16.2 Å². The molecule has 1 heterocycles. The standard InChI is InChI=1S/C19H15N3O5S/c1-12-14(7-4-8-15(12)22(24)25)20-18(23)11-21-16-9-2-5-13-6-3-10-17(19(13)16)28(21,26)27/h2-10H,11H2,1H3,(H,20,23). The van der Waals surface area contributed by atoms with Crippen LogP contribution < -0.4 is 9.62 Å². The monoisotopic (exact) mass is 397 g/mol. The van der Waals surface area contributed by atoms with Crippen LogP contribution in [0.3, 0.4) is 0 Å². The molecule has 0 radical (unpaired) electrons. The van der Waals surface area contributed by atoms with Crippen molar-refractivity contribution < 1.29 is 18.1 Å². The topological polar surface area (TPSA) is 110 Å². The first-order valence-electron chi connectivity index (χ1n) is 8.39. The Balaban J connectivity index is 1.66. The molecular formula is C19H15N3O5S. The first-order valence-corrected chi connectivity index (χ1v) is 9.83. The predicted molar refractivity (Wildman–Crippen MR) is 105 cm³/mol. The number of nitrogens with one attached hydrogen (secondary N) is 1. The lowest BCUT2D eigenvalue weighted by Gasteiger charge is -2.18. The average Bonchev–Trinajstić information content (AvgIpc) is 2.87. The van der Waals surface area contributed by atoms with Crippen LogP contribution in [0.25, 0.3) is 10.8 Å². The van der Waals surface area contributed by atoms with Crippen LogP contribution in [0.15, 0.2) is 59.5 Å². The van der Waals surface area contributed by atoms with Crippen molar-refractivity contribution in [3.63, 3.8) is 0 Å². The van der Waals surface area contributed by atoms with Gasteiger partial charge in [-0.1, -0.05) is 30.3 Å². The first-order chi connectivity index (χ1) is 13.3. The molecule has 1 aliphatic heterocycles. The number of sulfonamides is 1. The molecule has 0 unspecified atom stereocenters. The molecule has 1 amide bonds.